The van der Waals surface area contributed by atoms with E-state index < -0.39 is 9.84 Å². The minimum absolute atomic E-state index is 0.244. The maximum atomic E-state index is 10.9. The van der Waals surface area contributed by atoms with Crippen LogP contribution in [0.4, 0.5) is 0 Å². The molecule has 0 aromatic rings. The molecule has 0 unspecified atom stereocenters. The molecule has 0 radical (unpaired) electrons. The average molecular weight is 221 g/mol. The smallest absolute Gasteiger partial charge is 0.147 e. The summed E-state index contributed by atoms with van der Waals surface area (Å²) in [6.45, 7) is 5.37. The van der Waals surface area contributed by atoms with Crippen molar-refractivity contribution in [3.63, 3.8) is 0 Å². The molecule has 0 bridgehead atoms. The van der Waals surface area contributed by atoms with Gasteiger partial charge in [-0.3, -0.25) is 0 Å². The third kappa shape index (κ3) is 8.51. The van der Waals surface area contributed by atoms with Gasteiger partial charge in [0.2, 0.25) is 0 Å². The van der Waals surface area contributed by atoms with Crippen molar-refractivity contribution in [2.45, 2.75) is 33.1 Å². The number of rotatable bonds is 7. The minimum atomic E-state index is -2.78. The largest absolute Gasteiger partial charge is 0.320 e. The third-order valence-electron chi connectivity index (χ3n) is 2.42. The van der Waals surface area contributed by atoms with Gasteiger partial charge in [0.25, 0.3) is 0 Å². The summed E-state index contributed by atoms with van der Waals surface area (Å²) in [6, 6.07) is 0. The van der Waals surface area contributed by atoms with E-state index >= 15 is 0 Å². The summed E-state index contributed by atoms with van der Waals surface area (Å²) in [5, 5.41) is 3.11. The zero-order valence-electron chi connectivity index (χ0n) is 9.76. The van der Waals surface area contributed by atoms with Crippen molar-refractivity contribution < 1.29 is 8.42 Å². The summed E-state index contributed by atoms with van der Waals surface area (Å²) >= 11 is 0. The minimum Gasteiger partial charge on any atom is -0.320 e. The molecule has 0 aliphatic rings. The van der Waals surface area contributed by atoms with Crippen molar-refractivity contribution in [1.29, 1.82) is 0 Å². The lowest BCUT2D eigenvalue weighted by Gasteiger charge is -2.24. The maximum Gasteiger partial charge on any atom is 0.147 e. The lowest BCUT2D eigenvalue weighted by molar-refractivity contribution is 0.302. The van der Waals surface area contributed by atoms with E-state index in [4.69, 9.17) is 0 Å². The fraction of sp³-hybridized carbons (Fsp3) is 1.00. The van der Waals surface area contributed by atoms with Gasteiger partial charge in [-0.2, -0.15) is 0 Å². The number of hydrogen-bond donors (Lipinski definition) is 1. The first-order valence-electron chi connectivity index (χ1n) is 5.09. The molecule has 14 heavy (non-hydrogen) atoms. The fourth-order valence-corrected chi connectivity index (χ4v) is 2.07. The molecule has 0 spiro atoms. The van der Waals surface area contributed by atoms with E-state index in [2.05, 4.69) is 19.2 Å². The highest BCUT2D eigenvalue weighted by Gasteiger charge is 2.17. The van der Waals surface area contributed by atoms with Crippen LogP contribution in [0.15, 0.2) is 0 Å². The Morgan fingerprint density at radius 2 is 1.79 bits per heavy atom. The molecule has 3 nitrogen and oxygen atoms in total. The molecule has 0 aliphatic heterocycles. The zero-order chi connectivity index (χ0) is 11.2. The van der Waals surface area contributed by atoms with Gasteiger partial charge in [0, 0.05) is 12.0 Å². The summed E-state index contributed by atoms with van der Waals surface area (Å²) < 4.78 is 21.8. The van der Waals surface area contributed by atoms with Gasteiger partial charge in [-0.15, -0.1) is 0 Å². The standard InChI is InChI=1S/C10H23NO2S/c1-10(2,7-8-11-3)6-5-9-14(4,12)13/h11H,5-9H2,1-4H3. The molecular weight excluding hydrogens is 198 g/mol. The molecule has 0 rings (SSSR count). The first kappa shape index (κ1) is 13.9. The van der Waals surface area contributed by atoms with E-state index in [1.54, 1.807) is 0 Å². The zero-order valence-corrected chi connectivity index (χ0v) is 10.6. The molecular formula is C10H23NO2S. The topological polar surface area (TPSA) is 46.2 Å². The first-order chi connectivity index (χ1) is 6.27. The Bertz CT molecular complexity index is 245. The Labute approximate surface area is 88.2 Å². The van der Waals surface area contributed by atoms with Crippen molar-refractivity contribution in [2.24, 2.45) is 5.41 Å². The molecule has 0 saturated heterocycles. The highest BCUT2D eigenvalue weighted by molar-refractivity contribution is 7.90. The predicted octanol–water partition coefficient (Wildman–Crippen LogP) is 1.45. The average Bonchev–Trinajstić information content (AvgIpc) is 1.98. The van der Waals surface area contributed by atoms with Crippen LogP contribution in [0.1, 0.15) is 33.1 Å². The van der Waals surface area contributed by atoms with Crippen molar-refractivity contribution in [3.05, 3.63) is 0 Å². The molecule has 4 heteroatoms. The van der Waals surface area contributed by atoms with Crippen molar-refractivity contribution in [2.75, 3.05) is 25.6 Å². The lowest BCUT2D eigenvalue weighted by atomic mass is 9.85. The normalized spacial score (nSPS) is 13.1. The molecule has 0 aromatic carbocycles. The van der Waals surface area contributed by atoms with Gasteiger partial charge >= 0.3 is 0 Å². The maximum absolute atomic E-state index is 10.9. The summed E-state index contributed by atoms with van der Waals surface area (Å²) in [6.07, 6.45) is 4.14. The van der Waals surface area contributed by atoms with Gasteiger partial charge in [-0.05, 0) is 38.3 Å². The third-order valence-corrected chi connectivity index (χ3v) is 3.45. The highest BCUT2D eigenvalue weighted by atomic mass is 32.2. The number of sulfone groups is 1. The van der Waals surface area contributed by atoms with Gasteiger partial charge in [0.1, 0.15) is 9.84 Å². The second kappa shape index (κ2) is 5.71. The molecule has 0 heterocycles. The van der Waals surface area contributed by atoms with Crippen LogP contribution < -0.4 is 5.32 Å². The Hall–Kier alpha value is -0.0900. The van der Waals surface area contributed by atoms with Gasteiger partial charge in [0.15, 0.2) is 0 Å². The number of nitrogens with one attached hydrogen (secondary N) is 1. The summed E-state index contributed by atoms with van der Waals surface area (Å²) in [5.41, 5.74) is 0.244. The Morgan fingerprint density at radius 1 is 1.21 bits per heavy atom. The van der Waals surface area contributed by atoms with E-state index in [0.717, 1.165) is 25.8 Å². The molecule has 0 aliphatic carbocycles. The van der Waals surface area contributed by atoms with Crippen LogP contribution in [0, 0.1) is 5.41 Å². The van der Waals surface area contributed by atoms with Crippen LogP contribution >= 0.6 is 0 Å². The van der Waals surface area contributed by atoms with Gasteiger partial charge < -0.3 is 5.32 Å². The van der Waals surface area contributed by atoms with E-state index in [1.807, 2.05) is 7.05 Å². The predicted molar refractivity (Wildman–Crippen MR) is 61.3 cm³/mol. The van der Waals surface area contributed by atoms with E-state index in [1.165, 1.54) is 6.26 Å². The van der Waals surface area contributed by atoms with Crippen LogP contribution in [0.5, 0.6) is 0 Å². The quantitative estimate of drug-likeness (QED) is 0.708. The first-order valence-corrected chi connectivity index (χ1v) is 7.15. The van der Waals surface area contributed by atoms with Crippen molar-refractivity contribution in [3.8, 4) is 0 Å². The molecule has 0 amide bonds. The fourth-order valence-electron chi connectivity index (χ4n) is 1.40. The van der Waals surface area contributed by atoms with Crippen LogP contribution in [0.25, 0.3) is 0 Å². The summed E-state index contributed by atoms with van der Waals surface area (Å²) in [4.78, 5) is 0. The number of hydrogen-bond acceptors (Lipinski definition) is 3. The van der Waals surface area contributed by atoms with E-state index in [0.29, 0.717) is 5.75 Å². The van der Waals surface area contributed by atoms with Crippen LogP contribution in [0.2, 0.25) is 0 Å². The van der Waals surface area contributed by atoms with Gasteiger partial charge in [0.05, 0.1) is 0 Å². The molecule has 0 fully saturated rings. The molecule has 0 saturated carbocycles. The van der Waals surface area contributed by atoms with Crippen LogP contribution in [0.3, 0.4) is 0 Å². The van der Waals surface area contributed by atoms with Crippen LogP contribution in [-0.4, -0.2) is 34.0 Å². The van der Waals surface area contributed by atoms with Gasteiger partial charge in [-0.1, -0.05) is 13.8 Å². The molecule has 86 valence electrons. The molecule has 0 atom stereocenters. The monoisotopic (exact) mass is 221 g/mol. The Kier molecular flexibility index (Phi) is 5.67. The molecule has 0 aromatic heterocycles. The SMILES string of the molecule is CNCCC(C)(C)CCCS(C)(=O)=O. The van der Waals surface area contributed by atoms with Crippen LogP contribution in [-0.2, 0) is 9.84 Å². The Balaban J connectivity index is 3.76. The van der Waals surface area contributed by atoms with Gasteiger partial charge in [-0.25, -0.2) is 8.42 Å². The van der Waals surface area contributed by atoms with Crippen molar-refractivity contribution in [1.82, 2.24) is 5.32 Å². The van der Waals surface area contributed by atoms with E-state index in [-0.39, 0.29) is 5.41 Å². The highest BCUT2D eigenvalue weighted by Crippen LogP contribution is 2.26. The second-order valence-electron chi connectivity index (χ2n) is 4.75. The summed E-state index contributed by atoms with van der Waals surface area (Å²) in [7, 11) is -0.846. The second-order valence-corrected chi connectivity index (χ2v) is 7.01. The van der Waals surface area contributed by atoms with Crippen molar-refractivity contribution >= 4 is 9.84 Å². The van der Waals surface area contributed by atoms with E-state index in [9.17, 15) is 8.42 Å². The summed E-state index contributed by atoms with van der Waals surface area (Å²) in [5.74, 6) is 0.315. The lowest BCUT2D eigenvalue weighted by Crippen LogP contribution is -2.20. The Morgan fingerprint density at radius 3 is 2.21 bits per heavy atom. The molecule has 1 N–H and O–H groups in total.